The minimum absolute atomic E-state index is 0.0120. The second-order valence-corrected chi connectivity index (χ2v) is 5.46. The number of hydrogen-bond donors (Lipinski definition) is 0. The SMILES string of the molecule is CC[C@H]1O[C@@H]2OC(C)(C)O[C@@H]2[C@H]1OCc1ccoc1. The van der Waals surface area contributed by atoms with Crippen LogP contribution in [0.5, 0.6) is 0 Å². The van der Waals surface area contributed by atoms with E-state index < -0.39 is 5.79 Å². The zero-order chi connectivity index (χ0) is 13.5. The van der Waals surface area contributed by atoms with Crippen molar-refractivity contribution in [2.24, 2.45) is 0 Å². The molecule has 0 saturated carbocycles. The van der Waals surface area contributed by atoms with E-state index in [1.807, 2.05) is 19.9 Å². The molecule has 1 aromatic heterocycles. The van der Waals surface area contributed by atoms with Crippen LogP contribution in [0.25, 0.3) is 0 Å². The average Bonchev–Trinajstić information content (AvgIpc) is 3.01. The Balaban J connectivity index is 1.67. The summed E-state index contributed by atoms with van der Waals surface area (Å²) in [6.45, 7) is 6.35. The van der Waals surface area contributed by atoms with E-state index in [-0.39, 0.29) is 24.6 Å². The Kier molecular flexibility index (Phi) is 3.39. The van der Waals surface area contributed by atoms with Crippen molar-refractivity contribution in [3.05, 3.63) is 24.2 Å². The van der Waals surface area contributed by atoms with Crippen molar-refractivity contribution in [2.45, 2.75) is 64.2 Å². The molecule has 106 valence electrons. The monoisotopic (exact) mass is 268 g/mol. The van der Waals surface area contributed by atoms with E-state index in [1.165, 1.54) is 0 Å². The van der Waals surface area contributed by atoms with Gasteiger partial charge in [0.05, 0.1) is 25.2 Å². The molecule has 0 radical (unpaired) electrons. The van der Waals surface area contributed by atoms with Crippen LogP contribution in [-0.4, -0.2) is 30.4 Å². The van der Waals surface area contributed by atoms with E-state index in [4.69, 9.17) is 23.4 Å². The van der Waals surface area contributed by atoms with Crippen LogP contribution >= 0.6 is 0 Å². The summed E-state index contributed by atoms with van der Waals surface area (Å²) in [7, 11) is 0. The lowest BCUT2D eigenvalue weighted by Crippen LogP contribution is -2.36. The number of rotatable bonds is 4. The molecule has 2 saturated heterocycles. The van der Waals surface area contributed by atoms with Gasteiger partial charge in [0.15, 0.2) is 12.1 Å². The van der Waals surface area contributed by atoms with Crippen LogP contribution in [0.1, 0.15) is 32.8 Å². The first-order valence-corrected chi connectivity index (χ1v) is 6.73. The fourth-order valence-corrected chi connectivity index (χ4v) is 2.64. The highest BCUT2D eigenvalue weighted by molar-refractivity contribution is 5.04. The van der Waals surface area contributed by atoms with Crippen molar-refractivity contribution < 1.29 is 23.4 Å². The maximum atomic E-state index is 5.97. The van der Waals surface area contributed by atoms with Crippen molar-refractivity contribution >= 4 is 0 Å². The van der Waals surface area contributed by atoms with Crippen LogP contribution in [0, 0.1) is 0 Å². The third-order valence-electron chi connectivity index (χ3n) is 3.51. The van der Waals surface area contributed by atoms with E-state index in [0.717, 1.165) is 12.0 Å². The van der Waals surface area contributed by atoms with Gasteiger partial charge in [0.2, 0.25) is 0 Å². The number of furan rings is 1. The van der Waals surface area contributed by atoms with Crippen LogP contribution in [0.3, 0.4) is 0 Å². The molecule has 0 spiro atoms. The highest BCUT2D eigenvalue weighted by atomic mass is 16.8. The van der Waals surface area contributed by atoms with E-state index in [0.29, 0.717) is 6.61 Å². The van der Waals surface area contributed by atoms with Crippen molar-refractivity contribution in [2.75, 3.05) is 0 Å². The Morgan fingerprint density at radius 3 is 2.84 bits per heavy atom. The van der Waals surface area contributed by atoms with Gasteiger partial charge in [-0.15, -0.1) is 0 Å². The van der Waals surface area contributed by atoms with Gasteiger partial charge < -0.3 is 23.4 Å². The fourth-order valence-electron chi connectivity index (χ4n) is 2.64. The van der Waals surface area contributed by atoms with Crippen LogP contribution in [-0.2, 0) is 25.6 Å². The third kappa shape index (κ3) is 2.56. The van der Waals surface area contributed by atoms with Gasteiger partial charge in [-0.2, -0.15) is 0 Å². The first-order valence-electron chi connectivity index (χ1n) is 6.73. The van der Waals surface area contributed by atoms with Gasteiger partial charge in [-0.05, 0) is 26.3 Å². The van der Waals surface area contributed by atoms with Crippen LogP contribution in [0.4, 0.5) is 0 Å². The Morgan fingerprint density at radius 2 is 2.16 bits per heavy atom. The molecule has 0 amide bonds. The molecule has 2 fully saturated rings. The van der Waals surface area contributed by atoms with Crippen molar-refractivity contribution in [3.63, 3.8) is 0 Å². The van der Waals surface area contributed by atoms with Crippen molar-refractivity contribution in [1.82, 2.24) is 0 Å². The van der Waals surface area contributed by atoms with E-state index >= 15 is 0 Å². The summed E-state index contributed by atoms with van der Waals surface area (Å²) in [6.07, 6.45) is 3.62. The average molecular weight is 268 g/mol. The van der Waals surface area contributed by atoms with E-state index in [9.17, 15) is 0 Å². The summed E-state index contributed by atoms with van der Waals surface area (Å²) < 4.78 is 28.5. The van der Waals surface area contributed by atoms with Crippen LogP contribution < -0.4 is 0 Å². The molecule has 0 unspecified atom stereocenters. The minimum Gasteiger partial charge on any atom is -0.472 e. The van der Waals surface area contributed by atoms with Crippen LogP contribution in [0.2, 0.25) is 0 Å². The Labute approximate surface area is 112 Å². The second kappa shape index (κ2) is 4.90. The number of fused-ring (bicyclic) bond motifs is 1. The predicted molar refractivity (Wildman–Crippen MR) is 66.3 cm³/mol. The molecule has 3 rings (SSSR count). The topological polar surface area (TPSA) is 50.1 Å². The molecule has 5 nitrogen and oxygen atoms in total. The largest absolute Gasteiger partial charge is 0.472 e. The summed E-state index contributed by atoms with van der Waals surface area (Å²) >= 11 is 0. The fraction of sp³-hybridized carbons (Fsp3) is 0.714. The first kappa shape index (κ1) is 13.1. The Bertz CT molecular complexity index is 413. The lowest BCUT2D eigenvalue weighted by atomic mass is 10.1. The van der Waals surface area contributed by atoms with Gasteiger partial charge in [0.25, 0.3) is 0 Å². The quantitative estimate of drug-likeness (QED) is 0.839. The zero-order valence-electron chi connectivity index (χ0n) is 11.5. The smallest absolute Gasteiger partial charge is 0.190 e. The van der Waals surface area contributed by atoms with Crippen molar-refractivity contribution in [1.29, 1.82) is 0 Å². The molecule has 0 bridgehead atoms. The maximum absolute atomic E-state index is 5.97. The molecule has 4 atom stereocenters. The highest BCUT2D eigenvalue weighted by Crippen LogP contribution is 2.39. The van der Waals surface area contributed by atoms with Crippen LogP contribution in [0.15, 0.2) is 23.0 Å². The normalized spacial score (nSPS) is 36.6. The van der Waals surface area contributed by atoms with Gasteiger partial charge in [-0.25, -0.2) is 0 Å². The molecule has 3 heterocycles. The third-order valence-corrected chi connectivity index (χ3v) is 3.51. The summed E-state index contributed by atoms with van der Waals surface area (Å²) in [5.74, 6) is -0.606. The van der Waals surface area contributed by atoms with E-state index in [1.54, 1.807) is 12.5 Å². The summed E-state index contributed by atoms with van der Waals surface area (Å²) in [6, 6.07) is 1.89. The lowest BCUT2D eigenvalue weighted by molar-refractivity contribution is -0.219. The van der Waals surface area contributed by atoms with Crippen molar-refractivity contribution in [3.8, 4) is 0 Å². The second-order valence-electron chi connectivity index (χ2n) is 5.46. The molecule has 0 N–H and O–H groups in total. The van der Waals surface area contributed by atoms with Gasteiger partial charge in [-0.3, -0.25) is 0 Å². The highest BCUT2D eigenvalue weighted by Gasteiger charge is 2.54. The molecular formula is C14H20O5. The lowest BCUT2D eigenvalue weighted by Gasteiger charge is -2.25. The minimum atomic E-state index is -0.606. The summed E-state index contributed by atoms with van der Waals surface area (Å²) in [4.78, 5) is 0. The molecule has 0 aliphatic carbocycles. The van der Waals surface area contributed by atoms with E-state index in [2.05, 4.69) is 6.92 Å². The van der Waals surface area contributed by atoms with Gasteiger partial charge in [-0.1, -0.05) is 6.92 Å². The standard InChI is InChI=1S/C14H20O5/c1-4-10-11(16-8-9-5-6-15-7-9)12-13(17-10)19-14(2,3)18-12/h5-7,10-13H,4,8H2,1-3H3/t10-,11+,12-,13-/m1/s1. The zero-order valence-corrected chi connectivity index (χ0v) is 11.5. The Hall–Kier alpha value is -0.880. The molecule has 0 aromatic carbocycles. The summed E-state index contributed by atoms with van der Waals surface area (Å²) in [5.41, 5.74) is 1.01. The molecule has 19 heavy (non-hydrogen) atoms. The van der Waals surface area contributed by atoms with Gasteiger partial charge in [0, 0.05) is 5.56 Å². The molecular weight excluding hydrogens is 248 g/mol. The van der Waals surface area contributed by atoms with Gasteiger partial charge in [0.1, 0.15) is 12.2 Å². The summed E-state index contributed by atoms with van der Waals surface area (Å²) in [5, 5.41) is 0. The molecule has 2 aliphatic rings. The molecule has 1 aromatic rings. The van der Waals surface area contributed by atoms with Gasteiger partial charge >= 0.3 is 0 Å². The Morgan fingerprint density at radius 1 is 1.32 bits per heavy atom. The number of ether oxygens (including phenoxy) is 4. The first-order chi connectivity index (χ1) is 9.09. The predicted octanol–water partition coefficient (Wildman–Crippen LogP) is 2.45. The maximum Gasteiger partial charge on any atom is 0.190 e. The molecule has 2 aliphatic heterocycles. The number of hydrogen-bond acceptors (Lipinski definition) is 5. The molecule has 5 heteroatoms.